The van der Waals surface area contributed by atoms with Gasteiger partial charge in [0.15, 0.2) is 5.76 Å². The highest BCUT2D eigenvalue weighted by Gasteiger charge is 2.32. The summed E-state index contributed by atoms with van der Waals surface area (Å²) < 4.78 is 7.23. The van der Waals surface area contributed by atoms with E-state index in [-0.39, 0.29) is 11.9 Å². The number of amides is 1. The third-order valence-corrected chi connectivity index (χ3v) is 4.43. The summed E-state index contributed by atoms with van der Waals surface area (Å²) in [4.78, 5) is 15.0. The molecule has 0 bridgehead atoms. The van der Waals surface area contributed by atoms with E-state index in [4.69, 9.17) is 4.52 Å². The molecule has 4 rings (SSSR count). The van der Waals surface area contributed by atoms with Crippen molar-refractivity contribution in [1.82, 2.24) is 19.8 Å². The van der Waals surface area contributed by atoms with E-state index in [0.29, 0.717) is 17.9 Å². The number of nitrogens with zero attached hydrogens (tertiary/aromatic N) is 4. The van der Waals surface area contributed by atoms with E-state index >= 15 is 0 Å². The van der Waals surface area contributed by atoms with Crippen LogP contribution in [0.4, 0.5) is 0 Å². The molecule has 0 saturated carbocycles. The molecule has 0 radical (unpaired) electrons. The van der Waals surface area contributed by atoms with Gasteiger partial charge in [-0.1, -0.05) is 35.5 Å². The Bertz CT molecular complexity index is 811. The first-order chi connectivity index (χ1) is 11.8. The van der Waals surface area contributed by atoms with E-state index in [1.54, 1.807) is 6.20 Å². The van der Waals surface area contributed by atoms with Gasteiger partial charge in [0.2, 0.25) is 0 Å². The van der Waals surface area contributed by atoms with Crippen molar-refractivity contribution < 1.29 is 9.32 Å². The van der Waals surface area contributed by atoms with E-state index in [2.05, 4.69) is 10.3 Å². The Kier molecular flexibility index (Phi) is 3.86. The lowest BCUT2D eigenvalue weighted by Crippen LogP contribution is -2.38. The monoisotopic (exact) mass is 322 g/mol. The third kappa shape index (κ3) is 2.71. The molecule has 3 aromatic rings. The van der Waals surface area contributed by atoms with Gasteiger partial charge in [-0.2, -0.15) is 5.10 Å². The first-order valence-electron chi connectivity index (χ1n) is 8.11. The van der Waals surface area contributed by atoms with Gasteiger partial charge in [-0.25, -0.2) is 0 Å². The molecule has 3 heterocycles. The first kappa shape index (κ1) is 14.7. The molecule has 0 unspecified atom stereocenters. The second kappa shape index (κ2) is 6.31. The van der Waals surface area contributed by atoms with Crippen molar-refractivity contribution in [1.29, 1.82) is 0 Å². The highest BCUT2D eigenvalue weighted by Crippen LogP contribution is 2.27. The summed E-state index contributed by atoms with van der Waals surface area (Å²) >= 11 is 0. The van der Waals surface area contributed by atoms with Gasteiger partial charge < -0.3 is 9.42 Å². The smallest absolute Gasteiger partial charge is 0.259 e. The average Bonchev–Trinajstić information content (AvgIpc) is 3.37. The number of benzene rings is 1. The Morgan fingerprint density at radius 3 is 2.92 bits per heavy atom. The van der Waals surface area contributed by atoms with Crippen LogP contribution in [0.3, 0.4) is 0 Å². The maximum atomic E-state index is 13.0. The van der Waals surface area contributed by atoms with Crippen LogP contribution >= 0.6 is 0 Å². The fraction of sp³-hybridized carbons (Fsp3) is 0.278. The predicted octanol–water partition coefficient (Wildman–Crippen LogP) is 2.84. The molecule has 122 valence electrons. The first-order valence-corrected chi connectivity index (χ1v) is 8.11. The minimum absolute atomic E-state index is 0.0234. The van der Waals surface area contributed by atoms with Gasteiger partial charge in [0.25, 0.3) is 5.91 Å². The lowest BCUT2D eigenvalue weighted by Gasteiger charge is -2.24. The molecule has 1 aliphatic heterocycles. The molecule has 6 heteroatoms. The summed E-state index contributed by atoms with van der Waals surface area (Å²) in [5.74, 6) is 0.509. The molecule has 1 aromatic carbocycles. The fourth-order valence-electron chi connectivity index (χ4n) is 3.26. The van der Waals surface area contributed by atoms with E-state index in [1.807, 2.05) is 52.2 Å². The topological polar surface area (TPSA) is 64.2 Å². The lowest BCUT2D eigenvalue weighted by molar-refractivity contribution is 0.0722. The Balaban J connectivity index is 1.59. The van der Waals surface area contributed by atoms with Crippen molar-refractivity contribution in [2.24, 2.45) is 0 Å². The molecular weight excluding hydrogens is 304 g/mol. The second-order valence-electron chi connectivity index (χ2n) is 5.96. The summed E-state index contributed by atoms with van der Waals surface area (Å²) in [5, 5.41) is 8.10. The van der Waals surface area contributed by atoms with Gasteiger partial charge in [-0.3, -0.25) is 9.48 Å². The SMILES string of the molecule is O=C(c1cnoc1-c1ccccc1)N1CCC[C@H]1Cn1cccn1. The predicted molar refractivity (Wildman–Crippen MR) is 88.2 cm³/mol. The number of carbonyl (C=O) groups excluding carboxylic acids is 1. The number of likely N-dealkylation sites (tertiary alicyclic amines) is 1. The van der Waals surface area contributed by atoms with E-state index in [9.17, 15) is 4.79 Å². The van der Waals surface area contributed by atoms with Crippen LogP contribution in [0.1, 0.15) is 23.2 Å². The summed E-state index contributed by atoms with van der Waals surface area (Å²) in [7, 11) is 0. The van der Waals surface area contributed by atoms with Gasteiger partial charge in [0.1, 0.15) is 5.56 Å². The molecule has 24 heavy (non-hydrogen) atoms. The normalized spacial score (nSPS) is 17.3. The largest absolute Gasteiger partial charge is 0.355 e. The maximum Gasteiger partial charge on any atom is 0.259 e. The molecule has 6 nitrogen and oxygen atoms in total. The molecule has 2 aromatic heterocycles. The van der Waals surface area contributed by atoms with Crippen LogP contribution in [0.2, 0.25) is 0 Å². The quantitative estimate of drug-likeness (QED) is 0.741. The Hall–Kier alpha value is -2.89. The van der Waals surface area contributed by atoms with Crippen LogP contribution in [0.5, 0.6) is 0 Å². The molecule has 0 N–H and O–H groups in total. The molecule has 1 amide bonds. The van der Waals surface area contributed by atoms with Gasteiger partial charge >= 0.3 is 0 Å². The van der Waals surface area contributed by atoms with Crippen LogP contribution in [0.25, 0.3) is 11.3 Å². The molecule has 0 aliphatic carbocycles. The third-order valence-electron chi connectivity index (χ3n) is 4.43. The lowest BCUT2D eigenvalue weighted by atomic mass is 10.1. The van der Waals surface area contributed by atoms with Crippen LogP contribution < -0.4 is 0 Å². The van der Waals surface area contributed by atoms with E-state index in [0.717, 1.165) is 24.9 Å². The van der Waals surface area contributed by atoms with Crippen molar-refractivity contribution in [3.63, 3.8) is 0 Å². The van der Waals surface area contributed by atoms with Gasteiger partial charge in [-0.15, -0.1) is 0 Å². The zero-order chi connectivity index (χ0) is 16.4. The average molecular weight is 322 g/mol. The Morgan fingerprint density at radius 1 is 1.25 bits per heavy atom. The highest BCUT2D eigenvalue weighted by molar-refractivity contribution is 5.99. The minimum atomic E-state index is -0.0234. The molecule has 1 saturated heterocycles. The van der Waals surface area contributed by atoms with Crippen molar-refractivity contribution in [3.8, 4) is 11.3 Å². The second-order valence-corrected chi connectivity index (χ2v) is 5.96. The van der Waals surface area contributed by atoms with Crippen LogP contribution in [0.15, 0.2) is 59.5 Å². The summed E-state index contributed by atoms with van der Waals surface area (Å²) in [5.41, 5.74) is 1.38. The molecular formula is C18H18N4O2. The Morgan fingerprint density at radius 2 is 2.12 bits per heavy atom. The van der Waals surface area contributed by atoms with Crippen molar-refractivity contribution in [3.05, 3.63) is 60.6 Å². The standard InChI is InChI=1S/C18H18N4O2/c23-18(16-12-20-24-17(16)14-6-2-1-3-7-14)22-11-4-8-15(22)13-21-10-5-9-19-21/h1-3,5-7,9-10,12,15H,4,8,11,13H2/t15-/m0/s1. The van der Waals surface area contributed by atoms with E-state index in [1.165, 1.54) is 6.20 Å². The number of carbonyl (C=O) groups is 1. The van der Waals surface area contributed by atoms with Crippen LogP contribution in [-0.4, -0.2) is 38.3 Å². The number of rotatable bonds is 4. The zero-order valence-electron chi connectivity index (χ0n) is 13.2. The number of hydrogen-bond donors (Lipinski definition) is 0. The number of hydrogen-bond acceptors (Lipinski definition) is 4. The van der Waals surface area contributed by atoms with Crippen molar-refractivity contribution >= 4 is 5.91 Å². The van der Waals surface area contributed by atoms with Crippen molar-refractivity contribution in [2.45, 2.75) is 25.4 Å². The maximum absolute atomic E-state index is 13.0. The summed E-state index contributed by atoms with van der Waals surface area (Å²) in [6.45, 7) is 1.47. The van der Waals surface area contributed by atoms with Crippen molar-refractivity contribution in [2.75, 3.05) is 6.54 Å². The number of aromatic nitrogens is 3. The van der Waals surface area contributed by atoms with Gasteiger partial charge in [0, 0.05) is 24.5 Å². The fourth-order valence-corrected chi connectivity index (χ4v) is 3.26. The molecule has 1 atom stereocenters. The molecule has 1 fully saturated rings. The molecule has 0 spiro atoms. The van der Waals surface area contributed by atoms with E-state index < -0.39 is 0 Å². The van der Waals surface area contributed by atoms with Gasteiger partial charge in [0.05, 0.1) is 18.8 Å². The summed E-state index contributed by atoms with van der Waals surface area (Å²) in [6, 6.07) is 11.7. The molecule has 1 aliphatic rings. The van der Waals surface area contributed by atoms with Crippen LogP contribution in [0, 0.1) is 0 Å². The van der Waals surface area contributed by atoms with Gasteiger partial charge in [-0.05, 0) is 18.9 Å². The Labute approximate surface area is 139 Å². The van der Waals surface area contributed by atoms with Crippen LogP contribution in [-0.2, 0) is 6.54 Å². The summed E-state index contributed by atoms with van der Waals surface area (Å²) in [6.07, 6.45) is 7.19. The zero-order valence-corrected chi connectivity index (χ0v) is 13.2. The highest BCUT2D eigenvalue weighted by atomic mass is 16.5. The minimum Gasteiger partial charge on any atom is -0.355 e.